The van der Waals surface area contributed by atoms with Crippen molar-refractivity contribution >= 4 is 5.78 Å². The average molecular weight is 344 g/mol. The highest BCUT2D eigenvalue weighted by atomic mass is 16.5. The van der Waals surface area contributed by atoms with Crippen LogP contribution in [0, 0.1) is 5.92 Å². The second-order valence-electron chi connectivity index (χ2n) is 5.72. The molecule has 0 aliphatic carbocycles. The molecule has 0 bridgehead atoms. The van der Waals surface area contributed by atoms with Gasteiger partial charge in [-0.05, 0) is 18.1 Å². The summed E-state index contributed by atoms with van der Waals surface area (Å²) in [4.78, 5) is 13.0. The number of phenolic OH excluding ortho intramolecular Hbond substituents is 1. The third kappa shape index (κ3) is 2.95. The summed E-state index contributed by atoms with van der Waals surface area (Å²) in [5.41, 5.74) is 1.04. The van der Waals surface area contributed by atoms with Crippen molar-refractivity contribution in [3.63, 3.8) is 0 Å². The van der Waals surface area contributed by atoms with E-state index in [4.69, 9.17) is 18.9 Å². The van der Waals surface area contributed by atoms with Gasteiger partial charge in [0.1, 0.15) is 17.1 Å². The standard InChI is InChI=1S/C19H20O6/c1-22-15-9-14-16(19(24-3)18(15)23-2)17(21)12(10-25-14)8-11-6-4-5-7-13(11)20/h4-7,9,12,20H,8,10H2,1-3H3. The van der Waals surface area contributed by atoms with Gasteiger partial charge in [-0.15, -0.1) is 0 Å². The van der Waals surface area contributed by atoms with Crippen molar-refractivity contribution in [1.29, 1.82) is 0 Å². The van der Waals surface area contributed by atoms with E-state index in [1.165, 1.54) is 21.3 Å². The highest BCUT2D eigenvalue weighted by molar-refractivity contribution is 6.05. The number of rotatable bonds is 5. The van der Waals surface area contributed by atoms with Crippen molar-refractivity contribution in [3.8, 4) is 28.7 Å². The second-order valence-corrected chi connectivity index (χ2v) is 5.72. The molecule has 2 aromatic rings. The number of carbonyl (C=O) groups excluding carboxylic acids is 1. The van der Waals surface area contributed by atoms with Gasteiger partial charge in [-0.1, -0.05) is 18.2 Å². The van der Waals surface area contributed by atoms with Gasteiger partial charge >= 0.3 is 0 Å². The molecule has 0 radical (unpaired) electrons. The van der Waals surface area contributed by atoms with Crippen molar-refractivity contribution in [2.75, 3.05) is 27.9 Å². The van der Waals surface area contributed by atoms with Crippen LogP contribution in [-0.2, 0) is 6.42 Å². The Balaban J connectivity index is 2.01. The molecule has 0 saturated carbocycles. The molecule has 6 nitrogen and oxygen atoms in total. The van der Waals surface area contributed by atoms with Crippen LogP contribution < -0.4 is 18.9 Å². The number of Topliss-reactive ketones (excluding diaryl/α,β-unsaturated/α-hetero) is 1. The summed E-state index contributed by atoms with van der Waals surface area (Å²) < 4.78 is 21.8. The average Bonchev–Trinajstić information content (AvgIpc) is 2.63. The molecular weight excluding hydrogens is 324 g/mol. The maximum Gasteiger partial charge on any atom is 0.204 e. The normalized spacial score (nSPS) is 16.0. The fourth-order valence-electron chi connectivity index (χ4n) is 3.05. The summed E-state index contributed by atoms with van der Waals surface area (Å²) in [5, 5.41) is 9.96. The third-order valence-corrected chi connectivity index (χ3v) is 4.31. The van der Waals surface area contributed by atoms with Crippen molar-refractivity contribution in [2.45, 2.75) is 6.42 Å². The van der Waals surface area contributed by atoms with Crippen LogP contribution in [0.3, 0.4) is 0 Å². The zero-order chi connectivity index (χ0) is 18.0. The Labute approximate surface area is 145 Å². The van der Waals surface area contributed by atoms with Gasteiger partial charge < -0.3 is 24.1 Å². The van der Waals surface area contributed by atoms with Crippen molar-refractivity contribution in [1.82, 2.24) is 0 Å². The molecule has 0 spiro atoms. The van der Waals surface area contributed by atoms with E-state index in [0.29, 0.717) is 40.5 Å². The summed E-state index contributed by atoms with van der Waals surface area (Å²) >= 11 is 0. The molecule has 0 aromatic heterocycles. The third-order valence-electron chi connectivity index (χ3n) is 4.31. The predicted molar refractivity (Wildman–Crippen MR) is 91.2 cm³/mol. The minimum absolute atomic E-state index is 0.109. The molecule has 0 saturated heterocycles. The topological polar surface area (TPSA) is 74.2 Å². The fourth-order valence-corrected chi connectivity index (χ4v) is 3.05. The highest BCUT2D eigenvalue weighted by Gasteiger charge is 2.35. The predicted octanol–water partition coefficient (Wildman–Crippen LogP) is 2.85. The lowest BCUT2D eigenvalue weighted by atomic mass is 9.88. The van der Waals surface area contributed by atoms with Crippen molar-refractivity contribution in [2.24, 2.45) is 5.92 Å². The van der Waals surface area contributed by atoms with Crippen LogP contribution in [0.25, 0.3) is 0 Å². The second kappa shape index (κ2) is 6.93. The highest BCUT2D eigenvalue weighted by Crippen LogP contribution is 2.47. The number of hydrogen-bond acceptors (Lipinski definition) is 6. The monoisotopic (exact) mass is 344 g/mol. The summed E-state index contributed by atoms with van der Waals surface area (Å²) in [6.45, 7) is 0.221. The number of carbonyl (C=O) groups is 1. The van der Waals surface area contributed by atoms with Gasteiger partial charge in [-0.25, -0.2) is 0 Å². The Bertz CT molecular complexity index is 799. The smallest absolute Gasteiger partial charge is 0.204 e. The first-order valence-electron chi connectivity index (χ1n) is 7.87. The number of ketones is 1. The lowest BCUT2D eigenvalue weighted by molar-refractivity contribution is 0.0823. The SMILES string of the molecule is COc1cc2c(c(OC)c1OC)C(=O)C(Cc1ccccc1O)CO2. The first-order chi connectivity index (χ1) is 12.1. The fraction of sp³-hybridized carbons (Fsp3) is 0.316. The van der Waals surface area contributed by atoms with Gasteiger partial charge in [0.2, 0.25) is 5.75 Å². The van der Waals surface area contributed by atoms with Gasteiger partial charge in [-0.2, -0.15) is 0 Å². The first-order valence-corrected chi connectivity index (χ1v) is 7.87. The molecular formula is C19H20O6. The lowest BCUT2D eigenvalue weighted by Crippen LogP contribution is -2.30. The van der Waals surface area contributed by atoms with Crippen LogP contribution in [0.4, 0.5) is 0 Å². The van der Waals surface area contributed by atoms with E-state index >= 15 is 0 Å². The molecule has 1 unspecified atom stereocenters. The van der Waals surface area contributed by atoms with Crippen molar-refractivity contribution < 1.29 is 28.8 Å². The molecule has 1 heterocycles. The van der Waals surface area contributed by atoms with Crippen LogP contribution in [0.5, 0.6) is 28.7 Å². The van der Waals surface area contributed by atoms with Gasteiger partial charge in [0.15, 0.2) is 17.3 Å². The summed E-state index contributed by atoms with van der Waals surface area (Å²) in [6.07, 6.45) is 0.377. The molecule has 2 aromatic carbocycles. The number of para-hydroxylation sites is 1. The van der Waals surface area contributed by atoms with E-state index in [1.807, 2.05) is 6.07 Å². The Morgan fingerprint density at radius 1 is 1.12 bits per heavy atom. The number of fused-ring (bicyclic) bond motifs is 1. The van der Waals surface area contributed by atoms with Gasteiger partial charge in [-0.3, -0.25) is 4.79 Å². The summed E-state index contributed by atoms with van der Waals surface area (Å²) in [7, 11) is 4.47. The number of benzene rings is 2. The number of ether oxygens (including phenoxy) is 4. The van der Waals surface area contributed by atoms with Gasteiger partial charge in [0, 0.05) is 6.07 Å². The molecule has 1 aliphatic heterocycles. The minimum Gasteiger partial charge on any atom is -0.508 e. The van der Waals surface area contributed by atoms with Crippen LogP contribution in [0.2, 0.25) is 0 Å². The summed E-state index contributed by atoms with van der Waals surface area (Å²) in [5.74, 6) is 1.13. The van der Waals surface area contributed by atoms with Crippen LogP contribution in [0.1, 0.15) is 15.9 Å². The molecule has 1 N–H and O–H groups in total. The van der Waals surface area contributed by atoms with E-state index in [9.17, 15) is 9.90 Å². The van der Waals surface area contributed by atoms with Gasteiger partial charge in [0.25, 0.3) is 0 Å². The molecule has 6 heteroatoms. The minimum atomic E-state index is -0.423. The number of methoxy groups -OCH3 is 3. The molecule has 0 fully saturated rings. The summed E-state index contributed by atoms with van der Waals surface area (Å²) in [6, 6.07) is 8.60. The van der Waals surface area contributed by atoms with E-state index in [-0.39, 0.29) is 18.1 Å². The van der Waals surface area contributed by atoms with Crippen LogP contribution in [-0.4, -0.2) is 38.8 Å². The van der Waals surface area contributed by atoms with E-state index in [2.05, 4.69) is 0 Å². The first kappa shape index (κ1) is 17.0. The molecule has 132 valence electrons. The Morgan fingerprint density at radius 2 is 1.84 bits per heavy atom. The number of hydrogen-bond donors (Lipinski definition) is 1. The van der Waals surface area contributed by atoms with E-state index < -0.39 is 5.92 Å². The van der Waals surface area contributed by atoms with E-state index in [0.717, 1.165) is 0 Å². The Kier molecular flexibility index (Phi) is 4.70. The molecule has 0 amide bonds. The number of phenols is 1. The van der Waals surface area contributed by atoms with E-state index in [1.54, 1.807) is 24.3 Å². The van der Waals surface area contributed by atoms with Crippen LogP contribution >= 0.6 is 0 Å². The van der Waals surface area contributed by atoms with Crippen molar-refractivity contribution in [3.05, 3.63) is 41.5 Å². The molecule has 3 rings (SSSR count). The number of aromatic hydroxyl groups is 1. The van der Waals surface area contributed by atoms with Crippen LogP contribution in [0.15, 0.2) is 30.3 Å². The quantitative estimate of drug-likeness (QED) is 0.899. The maximum absolute atomic E-state index is 13.0. The molecule has 25 heavy (non-hydrogen) atoms. The molecule has 1 aliphatic rings. The maximum atomic E-state index is 13.0. The molecule has 1 atom stereocenters. The zero-order valence-electron chi connectivity index (χ0n) is 14.4. The Hall–Kier alpha value is -2.89. The largest absolute Gasteiger partial charge is 0.508 e. The zero-order valence-corrected chi connectivity index (χ0v) is 14.4. The lowest BCUT2D eigenvalue weighted by Gasteiger charge is -2.27. The van der Waals surface area contributed by atoms with Gasteiger partial charge in [0.05, 0.1) is 33.9 Å². The Morgan fingerprint density at radius 3 is 2.48 bits per heavy atom.